The molecule has 0 bridgehead atoms. The van der Waals surface area contributed by atoms with Gasteiger partial charge in [0.15, 0.2) is 5.75 Å². The maximum atomic E-state index is 13.1. The first-order valence-electron chi connectivity index (χ1n) is 5.18. The second-order valence-corrected chi connectivity index (χ2v) is 3.84. The molecule has 3 heteroatoms. The Bertz CT molecular complexity index is 621. The van der Waals surface area contributed by atoms with E-state index in [0.717, 1.165) is 0 Å². The second-order valence-electron chi connectivity index (χ2n) is 3.84. The molecule has 2 rings (SSSR count). The molecule has 0 atom stereocenters. The highest BCUT2D eigenvalue weighted by atomic mass is 19.1. The van der Waals surface area contributed by atoms with Crippen molar-refractivity contribution in [1.82, 2.24) is 0 Å². The third-order valence-corrected chi connectivity index (χ3v) is 2.56. The first kappa shape index (κ1) is 11.3. The zero-order chi connectivity index (χ0) is 12.4. The molecular formula is C14H11FO2. The minimum Gasteiger partial charge on any atom is -0.504 e. The standard InChI is InChI=1S/C14H11FO2/c1-9-5-6-11(8-13(16)14(9)17)10-3-2-4-12(15)7-10/h2-8H,1H3,(H,16,17). The van der Waals surface area contributed by atoms with Crippen LogP contribution in [-0.2, 0) is 0 Å². The Morgan fingerprint density at radius 3 is 2.47 bits per heavy atom. The smallest absolute Gasteiger partial charge is 0.221 e. The second kappa shape index (κ2) is 4.37. The molecule has 0 saturated carbocycles. The van der Waals surface area contributed by atoms with E-state index >= 15 is 0 Å². The van der Waals surface area contributed by atoms with Crippen LogP contribution in [-0.4, -0.2) is 5.11 Å². The molecule has 0 radical (unpaired) electrons. The Morgan fingerprint density at radius 2 is 1.76 bits per heavy atom. The van der Waals surface area contributed by atoms with E-state index in [9.17, 15) is 14.3 Å². The summed E-state index contributed by atoms with van der Waals surface area (Å²) in [5.41, 5.74) is 1.22. The molecule has 86 valence electrons. The Kier molecular flexibility index (Phi) is 2.91. The molecule has 2 aromatic rings. The van der Waals surface area contributed by atoms with Gasteiger partial charge in [-0.25, -0.2) is 4.39 Å². The molecule has 0 amide bonds. The Labute approximate surface area is 98.0 Å². The van der Waals surface area contributed by atoms with E-state index in [1.54, 1.807) is 31.2 Å². The summed E-state index contributed by atoms with van der Waals surface area (Å²) < 4.78 is 13.1. The van der Waals surface area contributed by atoms with E-state index in [1.165, 1.54) is 18.2 Å². The van der Waals surface area contributed by atoms with E-state index in [1.807, 2.05) is 0 Å². The molecule has 0 unspecified atom stereocenters. The van der Waals surface area contributed by atoms with E-state index in [-0.39, 0.29) is 11.6 Å². The zero-order valence-corrected chi connectivity index (χ0v) is 9.27. The van der Waals surface area contributed by atoms with Crippen LogP contribution < -0.4 is 5.43 Å². The monoisotopic (exact) mass is 230 g/mol. The predicted octanol–water partition coefficient (Wildman–Crippen LogP) is 2.87. The molecule has 17 heavy (non-hydrogen) atoms. The topological polar surface area (TPSA) is 37.3 Å². The number of aryl methyl sites for hydroxylation is 1. The van der Waals surface area contributed by atoms with Crippen molar-refractivity contribution in [2.24, 2.45) is 0 Å². The molecule has 0 aromatic heterocycles. The normalized spacial score (nSPS) is 10.2. The molecule has 0 aliphatic carbocycles. The van der Waals surface area contributed by atoms with E-state index in [0.29, 0.717) is 16.7 Å². The highest BCUT2D eigenvalue weighted by Gasteiger charge is 2.03. The lowest BCUT2D eigenvalue weighted by atomic mass is 10.1. The molecular weight excluding hydrogens is 219 g/mol. The Hall–Kier alpha value is -2.16. The van der Waals surface area contributed by atoms with Crippen LogP contribution in [0.4, 0.5) is 4.39 Å². The summed E-state index contributed by atoms with van der Waals surface area (Å²) in [7, 11) is 0. The average molecular weight is 230 g/mol. The highest BCUT2D eigenvalue weighted by molar-refractivity contribution is 5.63. The van der Waals surface area contributed by atoms with Crippen LogP contribution in [0.1, 0.15) is 5.56 Å². The number of aromatic hydroxyl groups is 1. The van der Waals surface area contributed by atoms with E-state index in [2.05, 4.69) is 0 Å². The van der Waals surface area contributed by atoms with Crippen molar-refractivity contribution in [1.29, 1.82) is 0 Å². The lowest BCUT2D eigenvalue weighted by Crippen LogP contribution is -1.95. The number of hydrogen-bond donors (Lipinski definition) is 1. The zero-order valence-electron chi connectivity index (χ0n) is 9.27. The van der Waals surface area contributed by atoms with E-state index < -0.39 is 5.43 Å². The fourth-order valence-corrected chi connectivity index (χ4v) is 1.59. The summed E-state index contributed by atoms with van der Waals surface area (Å²) in [6.07, 6.45) is 0. The van der Waals surface area contributed by atoms with Gasteiger partial charge in [-0.3, -0.25) is 4.79 Å². The van der Waals surface area contributed by atoms with Crippen molar-refractivity contribution in [3.05, 3.63) is 64.1 Å². The Morgan fingerprint density at radius 1 is 1.06 bits per heavy atom. The summed E-state index contributed by atoms with van der Waals surface area (Å²) in [6.45, 7) is 1.64. The highest BCUT2D eigenvalue weighted by Crippen LogP contribution is 2.20. The summed E-state index contributed by atoms with van der Waals surface area (Å²) in [6, 6.07) is 10.6. The van der Waals surface area contributed by atoms with Gasteiger partial charge in [0.05, 0.1) is 0 Å². The third-order valence-electron chi connectivity index (χ3n) is 2.56. The van der Waals surface area contributed by atoms with Crippen molar-refractivity contribution in [3.63, 3.8) is 0 Å². The van der Waals surface area contributed by atoms with Crippen molar-refractivity contribution in [3.8, 4) is 16.9 Å². The quantitative estimate of drug-likeness (QED) is 0.817. The summed E-state index contributed by atoms with van der Waals surface area (Å²) in [5.74, 6) is -0.630. The van der Waals surface area contributed by atoms with Gasteiger partial charge in [-0.05, 0) is 41.8 Å². The summed E-state index contributed by atoms with van der Waals surface area (Å²) >= 11 is 0. The Balaban J connectivity index is 2.66. The van der Waals surface area contributed by atoms with Gasteiger partial charge in [0.25, 0.3) is 0 Å². The van der Waals surface area contributed by atoms with Gasteiger partial charge in [0.2, 0.25) is 5.43 Å². The number of rotatable bonds is 1. The predicted molar refractivity (Wildman–Crippen MR) is 64.5 cm³/mol. The average Bonchev–Trinajstić information content (AvgIpc) is 2.43. The van der Waals surface area contributed by atoms with E-state index in [4.69, 9.17) is 0 Å². The van der Waals surface area contributed by atoms with Gasteiger partial charge >= 0.3 is 0 Å². The van der Waals surface area contributed by atoms with Gasteiger partial charge in [0, 0.05) is 0 Å². The van der Waals surface area contributed by atoms with Gasteiger partial charge < -0.3 is 5.11 Å². The number of benzene rings is 1. The van der Waals surface area contributed by atoms with Crippen LogP contribution in [0.5, 0.6) is 5.75 Å². The molecule has 0 aliphatic rings. The molecule has 0 aliphatic heterocycles. The summed E-state index contributed by atoms with van der Waals surface area (Å²) in [5, 5.41) is 9.51. The number of hydrogen-bond acceptors (Lipinski definition) is 2. The van der Waals surface area contributed by atoms with Crippen LogP contribution in [0.15, 0.2) is 47.3 Å². The van der Waals surface area contributed by atoms with Crippen LogP contribution in [0.3, 0.4) is 0 Å². The first-order chi connectivity index (χ1) is 8.08. The SMILES string of the molecule is Cc1ccc(-c2cccc(F)c2)cc(=O)c1O. The molecule has 0 spiro atoms. The van der Waals surface area contributed by atoms with Crippen LogP contribution in [0.25, 0.3) is 11.1 Å². The minimum atomic E-state index is -0.466. The van der Waals surface area contributed by atoms with Crippen molar-refractivity contribution in [2.75, 3.05) is 0 Å². The van der Waals surface area contributed by atoms with Crippen LogP contribution in [0.2, 0.25) is 0 Å². The van der Waals surface area contributed by atoms with Crippen molar-refractivity contribution in [2.45, 2.75) is 6.92 Å². The first-order valence-corrected chi connectivity index (χ1v) is 5.18. The van der Waals surface area contributed by atoms with Gasteiger partial charge in [0.1, 0.15) is 5.82 Å². The largest absolute Gasteiger partial charge is 0.504 e. The van der Waals surface area contributed by atoms with Crippen molar-refractivity contribution >= 4 is 0 Å². The van der Waals surface area contributed by atoms with Crippen LogP contribution in [0, 0.1) is 12.7 Å². The van der Waals surface area contributed by atoms with Crippen molar-refractivity contribution < 1.29 is 9.50 Å². The fraction of sp³-hybridized carbons (Fsp3) is 0.0714. The van der Waals surface area contributed by atoms with Crippen LogP contribution >= 0.6 is 0 Å². The fourth-order valence-electron chi connectivity index (χ4n) is 1.59. The lowest BCUT2D eigenvalue weighted by molar-refractivity contribution is 0.467. The molecule has 1 N–H and O–H groups in total. The maximum absolute atomic E-state index is 13.1. The summed E-state index contributed by atoms with van der Waals surface area (Å²) in [4.78, 5) is 11.6. The lowest BCUT2D eigenvalue weighted by Gasteiger charge is -1.97. The number of halogens is 1. The molecule has 0 saturated heterocycles. The third kappa shape index (κ3) is 2.33. The molecule has 2 nitrogen and oxygen atoms in total. The van der Waals surface area contributed by atoms with Gasteiger partial charge in [-0.2, -0.15) is 0 Å². The maximum Gasteiger partial charge on any atom is 0.221 e. The minimum absolute atomic E-state index is 0.271. The molecule has 2 aromatic carbocycles. The molecule has 0 fully saturated rings. The molecule has 0 heterocycles. The van der Waals surface area contributed by atoms with Gasteiger partial charge in [-0.15, -0.1) is 0 Å². The van der Waals surface area contributed by atoms with Gasteiger partial charge in [-0.1, -0.05) is 24.3 Å².